The second-order valence-corrected chi connectivity index (χ2v) is 32.8. The average molecular weight is 1560 g/mol. The number of carbonyl (C=O) groups excluding carboxylic acids is 12. The van der Waals surface area contributed by atoms with E-state index in [0.717, 1.165) is 14.7 Å². The van der Waals surface area contributed by atoms with Gasteiger partial charge in [0, 0.05) is 68.0 Å². The number of carbonyl (C=O) groups is 12. The zero-order chi connectivity index (χ0) is 80.3. The third-order valence-corrected chi connectivity index (χ3v) is 24.9. The van der Waals surface area contributed by atoms with Gasteiger partial charge >= 0.3 is 12.4 Å². The lowest BCUT2D eigenvalue weighted by atomic mass is 9.76. The lowest BCUT2D eigenvalue weighted by Crippen LogP contribution is -2.65. The Balaban J connectivity index is 1.20. The van der Waals surface area contributed by atoms with Crippen molar-refractivity contribution in [2.75, 3.05) is 94.3 Å². The third kappa shape index (κ3) is 21.2. The van der Waals surface area contributed by atoms with Gasteiger partial charge in [0.1, 0.15) is 72.1 Å². The number of nitrogens with one attached hydrogen (secondary N) is 3. The van der Waals surface area contributed by atoms with E-state index in [-0.39, 0.29) is 135 Å². The molecular formula is C76H118F8N12O13. The summed E-state index contributed by atoms with van der Waals surface area (Å²) in [5, 5.41) is 8.56. The lowest BCUT2D eigenvalue weighted by molar-refractivity contribution is -0.219. The Labute approximate surface area is 635 Å². The molecular weight excluding hydrogens is 1440 g/mol. The molecule has 0 aromatic heterocycles. The molecule has 11 atom stereocenters. The van der Waals surface area contributed by atoms with E-state index in [1.807, 2.05) is 13.8 Å². The first kappa shape index (κ1) is 87.6. The van der Waals surface area contributed by atoms with Crippen LogP contribution < -0.4 is 16.0 Å². The number of alkyl halides is 8. The van der Waals surface area contributed by atoms with E-state index in [4.69, 9.17) is 4.74 Å². The Morgan fingerprint density at radius 3 is 1.76 bits per heavy atom. The van der Waals surface area contributed by atoms with Gasteiger partial charge < -0.3 is 64.8 Å². The summed E-state index contributed by atoms with van der Waals surface area (Å²) in [6.07, 6.45) is -13.7. The predicted octanol–water partition coefficient (Wildman–Crippen LogP) is 6.72. The van der Waals surface area contributed by atoms with Gasteiger partial charge in [0.15, 0.2) is 0 Å². The summed E-state index contributed by atoms with van der Waals surface area (Å²) in [5.41, 5.74) is -1.67. The number of amides is 12. The highest BCUT2D eigenvalue weighted by Crippen LogP contribution is 2.46. The first-order valence-electron chi connectivity index (χ1n) is 39.7. The average Bonchev–Trinajstić information content (AvgIpc) is 1.69. The molecule has 0 radical (unpaired) electrons. The minimum absolute atomic E-state index is 0.0175. The van der Waals surface area contributed by atoms with Crippen LogP contribution in [0.15, 0.2) is 0 Å². The number of fused-ring (bicyclic) bond motifs is 3. The van der Waals surface area contributed by atoms with E-state index >= 15 is 51.9 Å². The van der Waals surface area contributed by atoms with Crippen molar-refractivity contribution in [1.82, 2.24) is 60.0 Å². The van der Waals surface area contributed by atoms with Crippen molar-refractivity contribution < 1.29 is 97.4 Å². The fourth-order valence-electron chi connectivity index (χ4n) is 18.2. The van der Waals surface area contributed by atoms with Crippen molar-refractivity contribution in [3.63, 3.8) is 0 Å². The van der Waals surface area contributed by atoms with Gasteiger partial charge in [0.05, 0.1) is 38.6 Å². The Morgan fingerprint density at radius 1 is 0.578 bits per heavy atom. The summed E-state index contributed by atoms with van der Waals surface area (Å²) in [4.78, 5) is 194. The molecule has 3 N–H and O–H groups in total. The van der Waals surface area contributed by atoms with Crippen LogP contribution in [0.25, 0.3) is 0 Å². The van der Waals surface area contributed by atoms with E-state index in [9.17, 15) is 40.7 Å². The minimum atomic E-state index is -5.20. The Bertz CT molecular complexity index is 3210. The molecule has 25 nitrogen and oxygen atoms in total. The number of likely N-dealkylation sites (N-methyl/N-ethyl adjacent to an activating group) is 6. The number of rotatable bonds is 12. The maximum absolute atomic E-state index is 15.8. The molecule has 0 aromatic rings. The van der Waals surface area contributed by atoms with Crippen molar-refractivity contribution in [2.24, 2.45) is 41.4 Å². The smallest absolute Gasteiger partial charge is 0.378 e. The van der Waals surface area contributed by atoms with Crippen molar-refractivity contribution in [3.05, 3.63) is 0 Å². The fourth-order valence-corrected chi connectivity index (χ4v) is 18.2. The van der Waals surface area contributed by atoms with Gasteiger partial charge in [0.2, 0.25) is 70.9 Å². The molecule has 4 saturated heterocycles. The molecule has 1 spiro atoms. The van der Waals surface area contributed by atoms with Gasteiger partial charge in [-0.25, -0.2) is 8.78 Å². The van der Waals surface area contributed by atoms with Crippen LogP contribution >= 0.6 is 0 Å². The first-order valence-corrected chi connectivity index (χ1v) is 39.7. The molecule has 2 bridgehead atoms. The third-order valence-electron chi connectivity index (χ3n) is 24.9. The molecule has 12 amide bonds. The van der Waals surface area contributed by atoms with Gasteiger partial charge in [-0.05, 0) is 159 Å². The van der Waals surface area contributed by atoms with E-state index in [1.165, 1.54) is 64.6 Å². The SMILES string of the molecule is CC[C@H](C)[C@@H]1NC(=O)[C@H](CC(C)C)N(CC)C(=O)C[C@@H](C(=O)N2CCOCC2)N(C)C(=O)[C@H](C2CCCC2)N(C)C(=O)C2(CCCC2)NC(=O)[C@@H]2CCCN2C(=O)[C@H](CCC2CC(F)C(C(F)(F)F)C(F)C2)NC(=O)CN(C)C(=O)[C@H](CC2CCC(C(F)(F)F)CC2)N2CCCC[C@@H](C2=O)N(C)C(=O)CN(C)C1=O. The van der Waals surface area contributed by atoms with Crippen LogP contribution in [0.3, 0.4) is 0 Å². The first-order chi connectivity index (χ1) is 51.3. The molecule has 2 unspecified atom stereocenters. The number of hydrogen-bond acceptors (Lipinski definition) is 13. The maximum atomic E-state index is 15.8. The lowest BCUT2D eigenvalue weighted by Gasteiger charge is -2.42. The second kappa shape index (κ2) is 38.0. The fraction of sp³-hybridized carbons (Fsp3) is 0.842. The van der Waals surface area contributed by atoms with Crippen LogP contribution in [0, 0.1) is 41.4 Å². The topological polar surface area (TPSA) is 279 Å². The molecule has 4 heterocycles. The van der Waals surface area contributed by atoms with Crippen LogP contribution in [0.2, 0.25) is 0 Å². The van der Waals surface area contributed by atoms with E-state index in [1.54, 1.807) is 20.8 Å². The Kier molecular flexibility index (Phi) is 30.6. The number of halogens is 8. The van der Waals surface area contributed by atoms with Gasteiger partial charge in [-0.1, -0.05) is 59.8 Å². The summed E-state index contributed by atoms with van der Waals surface area (Å²) in [5.74, 6) is -16.4. The Hall–Kier alpha value is -6.96. The van der Waals surface area contributed by atoms with Crippen molar-refractivity contribution in [2.45, 2.75) is 274 Å². The number of hydrogen-bond donors (Lipinski definition) is 3. The van der Waals surface area contributed by atoms with Crippen LogP contribution in [-0.4, -0.2) is 288 Å². The molecule has 4 aliphatic heterocycles. The van der Waals surface area contributed by atoms with Gasteiger partial charge in [-0.3, -0.25) is 57.5 Å². The summed E-state index contributed by atoms with van der Waals surface area (Å²) in [6, 6.07) is -11.0. The van der Waals surface area contributed by atoms with E-state index in [0.29, 0.717) is 51.4 Å². The highest BCUT2D eigenvalue weighted by atomic mass is 19.4. The Morgan fingerprint density at radius 2 is 1.17 bits per heavy atom. The predicted molar refractivity (Wildman–Crippen MR) is 384 cm³/mol. The number of morpholine rings is 1. The molecule has 616 valence electrons. The van der Waals surface area contributed by atoms with Crippen molar-refractivity contribution >= 4 is 70.9 Å². The van der Waals surface area contributed by atoms with Crippen molar-refractivity contribution in [3.8, 4) is 0 Å². The van der Waals surface area contributed by atoms with Crippen molar-refractivity contribution in [1.29, 1.82) is 0 Å². The van der Waals surface area contributed by atoms with E-state index in [2.05, 4.69) is 16.0 Å². The van der Waals surface area contributed by atoms with Gasteiger partial charge in [-0.2, -0.15) is 26.3 Å². The highest BCUT2D eigenvalue weighted by Gasteiger charge is 2.56. The molecule has 8 rings (SSSR count). The molecule has 33 heteroatoms. The van der Waals surface area contributed by atoms with Gasteiger partial charge in [-0.15, -0.1) is 0 Å². The quantitative estimate of drug-likeness (QED) is 0.171. The second-order valence-electron chi connectivity index (χ2n) is 32.8. The molecule has 4 aliphatic carbocycles. The minimum Gasteiger partial charge on any atom is -0.378 e. The molecule has 109 heavy (non-hydrogen) atoms. The zero-order valence-corrected chi connectivity index (χ0v) is 65.2. The molecule has 4 saturated carbocycles. The highest BCUT2D eigenvalue weighted by molar-refractivity contribution is 6.01. The summed E-state index contributed by atoms with van der Waals surface area (Å²) < 4.78 is 121. The molecule has 8 fully saturated rings. The van der Waals surface area contributed by atoms with Crippen LogP contribution in [0.4, 0.5) is 35.1 Å². The standard InChI is InChI=1S/C76H118F8N12O13/c1-11-46(5)63-71(106)89(7)44-61(99)90(8)55-22-15-18-32-96(70(55)105)58(41-47-24-27-50(28-25-47)75(79,80)81)68(103)88(6)43-59(97)85-53(29-26-48-39-51(77)62(52(78)40-48)76(82,83)84)67(102)95-33-19-23-54(95)66(101)87-74(30-16-17-31-74)73(108)92(10)64(49-20-13-14-21-49)72(107)91(9)57(69(104)93-34-36-109-37-35-93)42-60(98)94(12-2)56(38-45(3)4)65(100)86-63/h45-58,62-64H,11-44H2,1-10H3,(H,85,97)(H,86,100)(H,87,101)/t46-,47?,48?,50?,51?,52?,53-,54-,55-,56-,57-,58-,62?,63-,64-/m0/s1. The largest absolute Gasteiger partial charge is 0.397 e. The van der Waals surface area contributed by atoms with Crippen LogP contribution in [0.1, 0.15) is 195 Å². The summed E-state index contributed by atoms with van der Waals surface area (Å²) in [7, 11) is 6.78. The maximum Gasteiger partial charge on any atom is 0.397 e. The number of nitrogens with zero attached hydrogens (tertiary/aromatic N) is 9. The summed E-state index contributed by atoms with van der Waals surface area (Å²) >= 11 is 0. The molecule has 0 aromatic carbocycles. The normalized spacial score (nSPS) is 31.8. The number of ether oxygens (including phenoxy) is 1. The summed E-state index contributed by atoms with van der Waals surface area (Å²) in [6.45, 7) is 7.70. The van der Waals surface area contributed by atoms with E-state index < -0.39 is 224 Å². The van der Waals surface area contributed by atoms with Crippen LogP contribution in [-0.2, 0) is 62.3 Å². The van der Waals surface area contributed by atoms with Crippen LogP contribution in [0.5, 0.6) is 0 Å². The zero-order valence-electron chi connectivity index (χ0n) is 65.2. The monoisotopic (exact) mass is 1560 g/mol. The molecule has 8 aliphatic rings. The van der Waals surface area contributed by atoms with Gasteiger partial charge in [0.25, 0.3) is 0 Å².